The zero-order valence-electron chi connectivity index (χ0n) is 13.3. The third-order valence-corrected chi connectivity index (χ3v) is 4.91. The molecule has 0 aliphatic carbocycles. The van der Waals surface area contributed by atoms with Crippen LogP contribution in [0.15, 0.2) is 28.9 Å². The Bertz CT molecular complexity index is 798. The molecule has 0 aliphatic rings. The fourth-order valence-electron chi connectivity index (χ4n) is 1.59. The van der Waals surface area contributed by atoms with Crippen molar-refractivity contribution in [3.8, 4) is 6.19 Å². The average molecular weight is 423 g/mol. The first-order chi connectivity index (χ1) is 11.9. The van der Waals surface area contributed by atoms with Crippen LogP contribution in [0.5, 0.6) is 0 Å². The molecule has 0 radical (unpaired) electrons. The van der Waals surface area contributed by atoms with Crippen LogP contribution in [0.3, 0.4) is 0 Å². The smallest absolute Gasteiger partial charge is 0.212 e. The van der Waals surface area contributed by atoms with E-state index >= 15 is 0 Å². The van der Waals surface area contributed by atoms with Crippen molar-refractivity contribution in [2.75, 3.05) is 12.5 Å². The van der Waals surface area contributed by atoms with Crippen molar-refractivity contribution in [2.24, 2.45) is 4.36 Å². The van der Waals surface area contributed by atoms with Crippen LogP contribution in [0.25, 0.3) is 0 Å². The first-order valence-corrected chi connectivity index (χ1v) is 10.6. The van der Waals surface area contributed by atoms with Gasteiger partial charge in [0.05, 0.1) is 0 Å². The third-order valence-electron chi connectivity index (χ3n) is 2.59. The van der Waals surface area contributed by atoms with Crippen molar-refractivity contribution in [1.29, 1.82) is 5.26 Å². The van der Waals surface area contributed by atoms with Crippen molar-refractivity contribution in [2.45, 2.75) is 11.5 Å². The van der Waals surface area contributed by atoms with Gasteiger partial charge in [-0.05, 0) is 35.8 Å². The summed E-state index contributed by atoms with van der Waals surface area (Å²) in [6, 6.07) is 2.72. The molecular formula is C15H14Cl2F2N4S2. The number of hydrogen-bond donors (Lipinski definition) is 0. The summed E-state index contributed by atoms with van der Waals surface area (Å²) in [5, 5.41) is 8.10. The molecule has 2 aromatic heterocycles. The number of rotatable bonds is 4. The number of nitrogens with zero attached hydrogens (tertiary/aromatic N) is 4. The Labute approximate surface area is 161 Å². The maximum atomic E-state index is 12.9. The number of hydrogen-bond acceptors (Lipinski definition) is 5. The minimum absolute atomic E-state index is 0.0603. The third kappa shape index (κ3) is 8.10. The number of thioether (sulfide) groups is 1. The molecule has 2 heterocycles. The lowest BCUT2D eigenvalue weighted by molar-refractivity contribution is 0.620. The van der Waals surface area contributed by atoms with Crippen LogP contribution in [0, 0.1) is 23.1 Å². The van der Waals surface area contributed by atoms with Crippen LogP contribution in [-0.4, -0.2) is 22.5 Å². The molecular weight excluding hydrogens is 409 g/mol. The molecule has 0 amide bonds. The molecule has 0 N–H and O–H groups in total. The van der Waals surface area contributed by atoms with E-state index < -0.39 is 22.3 Å². The number of aromatic nitrogens is 2. The molecule has 10 heteroatoms. The van der Waals surface area contributed by atoms with E-state index in [2.05, 4.69) is 14.3 Å². The van der Waals surface area contributed by atoms with Crippen molar-refractivity contribution in [3.63, 3.8) is 0 Å². The van der Waals surface area contributed by atoms with E-state index in [1.165, 1.54) is 18.3 Å². The first kappa shape index (κ1) is 21.8. The molecule has 0 bridgehead atoms. The highest BCUT2D eigenvalue weighted by molar-refractivity contribution is 7.97. The number of pyridine rings is 2. The summed E-state index contributed by atoms with van der Waals surface area (Å²) in [7, 11) is -0.422. The topological polar surface area (TPSA) is 61.9 Å². The van der Waals surface area contributed by atoms with Gasteiger partial charge in [0.2, 0.25) is 6.19 Å². The zero-order valence-corrected chi connectivity index (χ0v) is 16.5. The summed E-state index contributed by atoms with van der Waals surface area (Å²) in [5.41, 5.74) is 1.55. The summed E-state index contributed by atoms with van der Waals surface area (Å²) in [4.78, 5) is 7.34. The molecule has 2 rings (SSSR count). The fraction of sp³-hybridized carbons (Fsp3) is 0.267. The first-order valence-electron chi connectivity index (χ1n) is 6.68. The normalized spacial score (nSPS) is 11.4. The molecule has 1 atom stereocenters. The van der Waals surface area contributed by atoms with Gasteiger partial charge in [0.15, 0.2) is 21.9 Å². The highest BCUT2D eigenvalue weighted by Crippen LogP contribution is 2.15. The summed E-state index contributed by atoms with van der Waals surface area (Å²) in [5.74, 6) is 0.284. The predicted octanol–water partition coefficient (Wildman–Crippen LogP) is 5.02. The SMILES string of the molecule is CS(Cc1cnc(Cl)c(F)c1)=NC#N.CSCc1cnc(Cl)c(F)c1. The van der Waals surface area contributed by atoms with E-state index in [-0.39, 0.29) is 10.3 Å². The molecule has 1 unspecified atom stereocenters. The average Bonchev–Trinajstić information content (AvgIpc) is 2.56. The highest BCUT2D eigenvalue weighted by atomic mass is 35.5. The van der Waals surface area contributed by atoms with E-state index in [1.54, 1.807) is 30.4 Å². The largest absolute Gasteiger partial charge is 0.241 e. The molecule has 0 aromatic carbocycles. The summed E-state index contributed by atoms with van der Waals surface area (Å²) in [6.07, 6.45) is 8.54. The van der Waals surface area contributed by atoms with Crippen LogP contribution < -0.4 is 0 Å². The Kier molecular flexibility index (Phi) is 9.90. The predicted molar refractivity (Wildman–Crippen MR) is 101 cm³/mol. The van der Waals surface area contributed by atoms with Crippen LogP contribution in [0.2, 0.25) is 10.3 Å². The van der Waals surface area contributed by atoms with Crippen LogP contribution in [-0.2, 0) is 22.2 Å². The zero-order chi connectivity index (χ0) is 18.8. The highest BCUT2D eigenvalue weighted by Gasteiger charge is 2.03. The fourth-order valence-corrected chi connectivity index (χ4v) is 3.13. The van der Waals surface area contributed by atoms with Crippen LogP contribution in [0.1, 0.15) is 11.1 Å². The molecule has 25 heavy (non-hydrogen) atoms. The minimum Gasteiger partial charge on any atom is -0.241 e. The molecule has 4 nitrogen and oxygen atoms in total. The number of halogens is 4. The number of nitriles is 1. The Hall–Kier alpha value is -1.27. The summed E-state index contributed by atoms with van der Waals surface area (Å²) >= 11 is 12.4. The molecule has 0 fully saturated rings. The molecule has 0 spiro atoms. The Morgan fingerprint density at radius 3 is 2.16 bits per heavy atom. The van der Waals surface area contributed by atoms with Gasteiger partial charge in [0, 0.05) is 23.9 Å². The Morgan fingerprint density at radius 2 is 1.68 bits per heavy atom. The Balaban J connectivity index is 0.000000257. The summed E-state index contributed by atoms with van der Waals surface area (Å²) in [6.45, 7) is 0. The minimum atomic E-state index is -0.543. The van der Waals surface area contributed by atoms with Gasteiger partial charge in [-0.25, -0.2) is 18.7 Å². The Morgan fingerprint density at radius 1 is 1.16 bits per heavy atom. The van der Waals surface area contributed by atoms with Crippen molar-refractivity contribution in [3.05, 3.63) is 57.6 Å². The van der Waals surface area contributed by atoms with Crippen LogP contribution in [0.4, 0.5) is 8.78 Å². The monoisotopic (exact) mass is 422 g/mol. The maximum Gasteiger partial charge on any atom is 0.212 e. The van der Waals surface area contributed by atoms with Crippen molar-refractivity contribution < 1.29 is 8.78 Å². The molecule has 134 valence electrons. The molecule has 0 saturated carbocycles. The second kappa shape index (κ2) is 11.4. The van der Waals surface area contributed by atoms with E-state index in [0.717, 1.165) is 11.3 Å². The van der Waals surface area contributed by atoms with Gasteiger partial charge in [0.25, 0.3) is 0 Å². The van der Waals surface area contributed by atoms with Gasteiger partial charge in [0.1, 0.15) is 0 Å². The van der Waals surface area contributed by atoms with Crippen molar-refractivity contribution >= 4 is 45.7 Å². The van der Waals surface area contributed by atoms with E-state index in [1.807, 2.05) is 6.26 Å². The van der Waals surface area contributed by atoms with E-state index in [0.29, 0.717) is 11.3 Å². The second-order valence-corrected chi connectivity index (χ2v) is 7.86. The molecule has 0 aliphatic heterocycles. The van der Waals surface area contributed by atoms with Gasteiger partial charge in [-0.15, -0.1) is 0 Å². The maximum absolute atomic E-state index is 12.9. The molecule has 2 aromatic rings. The van der Waals surface area contributed by atoms with Gasteiger partial charge in [-0.1, -0.05) is 33.9 Å². The van der Waals surface area contributed by atoms with Gasteiger partial charge in [-0.3, -0.25) is 0 Å². The lowest BCUT2D eigenvalue weighted by Crippen LogP contribution is -1.94. The van der Waals surface area contributed by atoms with Gasteiger partial charge in [-0.2, -0.15) is 21.4 Å². The van der Waals surface area contributed by atoms with Crippen molar-refractivity contribution in [1.82, 2.24) is 9.97 Å². The quantitative estimate of drug-likeness (QED) is 0.512. The molecule has 0 saturated heterocycles. The van der Waals surface area contributed by atoms with E-state index in [9.17, 15) is 8.78 Å². The summed E-state index contributed by atoms with van der Waals surface area (Å²) < 4.78 is 29.2. The van der Waals surface area contributed by atoms with E-state index in [4.69, 9.17) is 28.5 Å². The lowest BCUT2D eigenvalue weighted by Gasteiger charge is -2.00. The van der Waals surface area contributed by atoms with Crippen LogP contribution >= 0.6 is 35.0 Å². The lowest BCUT2D eigenvalue weighted by atomic mass is 10.3. The second-order valence-electron chi connectivity index (χ2n) is 4.60. The standard InChI is InChI=1S/C8H7ClFN3S.C7H7ClFNS/c1-14(13-5-11)4-6-2-7(10)8(9)12-3-6;1-11-4-5-2-6(9)7(8)10-3-5/h2-3H,4H2,1H3;2-3H,4H2,1H3. The van der Waals surface area contributed by atoms with Gasteiger partial charge < -0.3 is 0 Å². The van der Waals surface area contributed by atoms with Gasteiger partial charge >= 0.3 is 0 Å².